The maximum Gasteiger partial charge on any atom is -0.0276 e. The van der Waals surface area contributed by atoms with Gasteiger partial charge in [-0.25, -0.2) is 0 Å². The van der Waals surface area contributed by atoms with Crippen LogP contribution >= 0.6 is 0 Å². The van der Waals surface area contributed by atoms with Crippen LogP contribution in [-0.4, -0.2) is 0 Å². The maximum absolute atomic E-state index is 2.44. The molecule has 0 saturated carbocycles. The van der Waals surface area contributed by atoms with Gasteiger partial charge in [-0.2, -0.15) is 0 Å². The average molecular weight is 583 g/mol. The van der Waals surface area contributed by atoms with Crippen molar-refractivity contribution < 1.29 is 0 Å². The SMILES string of the molecule is CCCCCCCCCCCCCCCCCCCCCCCCCCCc1ccc(CCC(C)CCCCC)cc1. The van der Waals surface area contributed by atoms with Gasteiger partial charge in [-0.05, 0) is 42.7 Å². The van der Waals surface area contributed by atoms with Crippen LogP contribution in [0.2, 0.25) is 0 Å². The molecule has 0 heteroatoms. The largest absolute Gasteiger partial charge is 0.0654 e. The molecule has 0 nitrogen and oxygen atoms in total. The van der Waals surface area contributed by atoms with Gasteiger partial charge in [-0.15, -0.1) is 0 Å². The summed E-state index contributed by atoms with van der Waals surface area (Å²) in [4.78, 5) is 0. The molecule has 0 N–H and O–H groups in total. The zero-order chi connectivity index (χ0) is 30.2. The molecule has 42 heavy (non-hydrogen) atoms. The molecule has 1 atom stereocenters. The zero-order valence-electron chi connectivity index (χ0n) is 29.5. The Kier molecular flexibility index (Phi) is 29.6. The molecule has 1 rings (SSSR count). The predicted octanol–water partition coefficient (Wildman–Crippen LogP) is 15.2. The normalized spacial score (nSPS) is 12.3. The number of aryl methyl sites for hydroxylation is 2. The molecule has 0 amide bonds. The fraction of sp³-hybridized carbons (Fsp3) is 0.857. The summed E-state index contributed by atoms with van der Waals surface area (Å²) < 4.78 is 0. The van der Waals surface area contributed by atoms with E-state index in [0.717, 1.165) is 5.92 Å². The van der Waals surface area contributed by atoms with Crippen molar-refractivity contribution in [2.24, 2.45) is 5.92 Å². The predicted molar refractivity (Wildman–Crippen MR) is 193 cm³/mol. The van der Waals surface area contributed by atoms with Gasteiger partial charge in [0, 0.05) is 0 Å². The highest BCUT2D eigenvalue weighted by Gasteiger charge is 2.03. The van der Waals surface area contributed by atoms with E-state index in [9.17, 15) is 0 Å². The smallest absolute Gasteiger partial charge is 0.0276 e. The summed E-state index contributed by atoms with van der Waals surface area (Å²) in [5.74, 6) is 0.875. The topological polar surface area (TPSA) is 0 Å². The van der Waals surface area contributed by atoms with Crippen molar-refractivity contribution in [3.05, 3.63) is 35.4 Å². The molecule has 1 aromatic rings. The molecule has 0 fully saturated rings. The molecule has 0 aliphatic carbocycles. The van der Waals surface area contributed by atoms with Gasteiger partial charge in [0.2, 0.25) is 0 Å². The van der Waals surface area contributed by atoms with Crippen molar-refractivity contribution >= 4 is 0 Å². The molecular weight excluding hydrogens is 504 g/mol. The highest BCUT2D eigenvalue weighted by atomic mass is 14.1. The molecule has 0 aromatic heterocycles. The molecule has 0 radical (unpaired) electrons. The van der Waals surface area contributed by atoms with Gasteiger partial charge in [0.25, 0.3) is 0 Å². The van der Waals surface area contributed by atoms with E-state index in [1.807, 2.05) is 0 Å². The van der Waals surface area contributed by atoms with Gasteiger partial charge in [0.05, 0.1) is 0 Å². The van der Waals surface area contributed by atoms with E-state index < -0.39 is 0 Å². The first-order chi connectivity index (χ1) is 20.8. The Labute approximate surface area is 267 Å². The molecule has 0 aliphatic rings. The van der Waals surface area contributed by atoms with Crippen LogP contribution in [0.4, 0.5) is 0 Å². The minimum absolute atomic E-state index is 0.875. The number of rotatable bonds is 33. The van der Waals surface area contributed by atoms with Crippen LogP contribution in [0.25, 0.3) is 0 Å². The van der Waals surface area contributed by atoms with Crippen LogP contribution in [-0.2, 0) is 12.8 Å². The number of hydrogen-bond donors (Lipinski definition) is 0. The van der Waals surface area contributed by atoms with Crippen LogP contribution in [0.1, 0.15) is 225 Å². The second-order valence-electron chi connectivity index (χ2n) is 14.2. The third-order valence-corrected chi connectivity index (χ3v) is 9.82. The lowest BCUT2D eigenvalue weighted by Crippen LogP contribution is -1.98. The van der Waals surface area contributed by atoms with E-state index in [4.69, 9.17) is 0 Å². The first kappa shape index (κ1) is 39.2. The highest BCUT2D eigenvalue weighted by Crippen LogP contribution is 2.19. The molecule has 0 aliphatic heterocycles. The van der Waals surface area contributed by atoms with E-state index >= 15 is 0 Å². The van der Waals surface area contributed by atoms with Gasteiger partial charge in [-0.1, -0.05) is 225 Å². The Bertz CT molecular complexity index is 628. The van der Waals surface area contributed by atoms with Crippen molar-refractivity contribution in [3.63, 3.8) is 0 Å². The lowest BCUT2D eigenvalue weighted by atomic mass is 9.95. The van der Waals surface area contributed by atoms with Gasteiger partial charge < -0.3 is 0 Å². The van der Waals surface area contributed by atoms with Gasteiger partial charge in [0.1, 0.15) is 0 Å². The minimum atomic E-state index is 0.875. The van der Waals surface area contributed by atoms with E-state index in [-0.39, 0.29) is 0 Å². The van der Waals surface area contributed by atoms with Gasteiger partial charge in [-0.3, -0.25) is 0 Å². The van der Waals surface area contributed by atoms with Crippen molar-refractivity contribution in [3.8, 4) is 0 Å². The number of hydrogen-bond acceptors (Lipinski definition) is 0. The summed E-state index contributed by atoms with van der Waals surface area (Å²) >= 11 is 0. The summed E-state index contributed by atoms with van der Waals surface area (Å²) in [7, 11) is 0. The summed E-state index contributed by atoms with van der Waals surface area (Å²) in [6, 6.07) is 9.59. The first-order valence-electron chi connectivity index (χ1n) is 19.8. The van der Waals surface area contributed by atoms with E-state index in [0.29, 0.717) is 0 Å². The van der Waals surface area contributed by atoms with Crippen LogP contribution in [0.15, 0.2) is 24.3 Å². The van der Waals surface area contributed by atoms with Crippen molar-refractivity contribution in [1.29, 1.82) is 0 Å². The van der Waals surface area contributed by atoms with Crippen molar-refractivity contribution in [2.45, 2.75) is 226 Å². The molecule has 0 saturated heterocycles. The summed E-state index contributed by atoms with van der Waals surface area (Å²) in [6.45, 7) is 7.05. The Balaban J connectivity index is 1.77. The van der Waals surface area contributed by atoms with Gasteiger partial charge >= 0.3 is 0 Å². The zero-order valence-corrected chi connectivity index (χ0v) is 29.5. The molecule has 0 spiro atoms. The summed E-state index contributed by atoms with van der Waals surface area (Å²) in [5, 5.41) is 0. The minimum Gasteiger partial charge on any atom is -0.0654 e. The lowest BCUT2D eigenvalue weighted by Gasteiger charge is -2.11. The van der Waals surface area contributed by atoms with Crippen LogP contribution in [0, 0.1) is 5.92 Å². The second kappa shape index (κ2) is 31.6. The Morgan fingerprint density at radius 1 is 0.333 bits per heavy atom. The van der Waals surface area contributed by atoms with Crippen molar-refractivity contribution in [2.75, 3.05) is 0 Å². The first-order valence-corrected chi connectivity index (χ1v) is 19.8. The number of benzene rings is 1. The van der Waals surface area contributed by atoms with E-state index in [2.05, 4.69) is 45.0 Å². The van der Waals surface area contributed by atoms with Crippen LogP contribution < -0.4 is 0 Å². The van der Waals surface area contributed by atoms with E-state index in [1.165, 1.54) is 211 Å². The molecule has 246 valence electrons. The Morgan fingerprint density at radius 2 is 0.619 bits per heavy atom. The quantitative estimate of drug-likeness (QED) is 0.0723. The Morgan fingerprint density at radius 3 is 0.976 bits per heavy atom. The van der Waals surface area contributed by atoms with Crippen molar-refractivity contribution in [1.82, 2.24) is 0 Å². The monoisotopic (exact) mass is 583 g/mol. The second-order valence-corrected chi connectivity index (χ2v) is 14.2. The summed E-state index contributed by atoms with van der Waals surface area (Å²) in [5.41, 5.74) is 3.08. The summed E-state index contributed by atoms with van der Waals surface area (Å²) in [6.07, 6.45) is 46.1. The molecule has 0 bridgehead atoms. The third-order valence-electron chi connectivity index (χ3n) is 9.82. The van der Waals surface area contributed by atoms with Gasteiger partial charge in [0.15, 0.2) is 0 Å². The Hall–Kier alpha value is -0.780. The molecular formula is C42H78. The highest BCUT2D eigenvalue weighted by molar-refractivity contribution is 5.22. The molecule has 0 heterocycles. The standard InChI is InChI=1S/C42H78/c1-4-6-8-9-10-11-12-13-14-15-16-17-18-19-20-21-22-23-24-25-26-27-28-29-31-33-41-36-38-42(39-37-41)35-34-40(3)32-30-7-5-2/h36-40H,4-35H2,1-3H3. The molecule has 1 unspecified atom stereocenters. The maximum atomic E-state index is 2.44. The fourth-order valence-corrected chi connectivity index (χ4v) is 6.64. The number of unbranched alkanes of at least 4 members (excludes halogenated alkanes) is 26. The average Bonchev–Trinajstić information content (AvgIpc) is 3.00. The lowest BCUT2D eigenvalue weighted by molar-refractivity contribution is 0.464. The van der Waals surface area contributed by atoms with Crippen LogP contribution in [0.5, 0.6) is 0 Å². The van der Waals surface area contributed by atoms with Crippen LogP contribution in [0.3, 0.4) is 0 Å². The van der Waals surface area contributed by atoms with E-state index in [1.54, 1.807) is 5.56 Å². The third kappa shape index (κ3) is 26.8. The molecule has 1 aromatic carbocycles. The fourth-order valence-electron chi connectivity index (χ4n) is 6.64.